The lowest BCUT2D eigenvalue weighted by Crippen LogP contribution is -2.26. The molecule has 1 fully saturated rings. The molecule has 0 amide bonds. The summed E-state index contributed by atoms with van der Waals surface area (Å²) in [6.07, 6.45) is -2.44. The van der Waals surface area contributed by atoms with E-state index < -0.39 is 34.7 Å². The Morgan fingerprint density at radius 1 is 1.23 bits per heavy atom. The number of tetrazole rings is 1. The smallest absolute Gasteiger partial charge is 0.416 e. The molecule has 1 aliphatic rings. The molecule has 160 valence electrons. The Kier molecular flexibility index (Phi) is 5.90. The number of carbonyl (C=O) groups excluding carboxylic acids is 2. The Bertz CT molecular complexity index is 1060. The maximum atomic E-state index is 13.3. The normalized spacial score (nSPS) is 14.6. The van der Waals surface area contributed by atoms with Crippen molar-refractivity contribution in [2.75, 3.05) is 6.61 Å². The highest BCUT2D eigenvalue weighted by Crippen LogP contribution is 2.35. The van der Waals surface area contributed by atoms with E-state index >= 15 is 0 Å². The predicted octanol–water partition coefficient (Wildman–Crippen LogP) is 2.55. The fourth-order valence-corrected chi connectivity index (χ4v) is 2.80. The van der Waals surface area contributed by atoms with E-state index in [4.69, 9.17) is 4.74 Å². The number of halogens is 3. The molecule has 0 unspecified atom stereocenters. The van der Waals surface area contributed by atoms with Crippen LogP contribution in [-0.4, -0.2) is 38.0 Å². The number of alkyl halides is 3. The zero-order chi connectivity index (χ0) is 22.1. The van der Waals surface area contributed by atoms with Crippen LogP contribution in [0.4, 0.5) is 13.2 Å². The zero-order valence-corrected chi connectivity index (χ0v) is 16.3. The van der Waals surface area contributed by atoms with E-state index in [1.807, 2.05) is 0 Å². The Morgan fingerprint density at radius 2 is 1.93 bits per heavy atom. The highest BCUT2D eigenvalue weighted by Gasteiger charge is 2.37. The highest BCUT2D eigenvalue weighted by molar-refractivity contribution is 6.28. The standard InChI is InChI=1S/C19H19F3N4O4/c1-3-25-18(29)26(24-23-25)15-9-12(19(20,21)22)7-8-13(15)17(28)14(10-30-4-2)16(27)11-5-6-11/h7-11H,3-6H2,1-2H3. The van der Waals surface area contributed by atoms with E-state index in [-0.39, 0.29) is 30.2 Å². The number of hydrogen-bond donors (Lipinski definition) is 0. The summed E-state index contributed by atoms with van der Waals surface area (Å²) < 4.78 is 46.4. The second kappa shape index (κ2) is 8.25. The minimum absolute atomic E-state index is 0.136. The van der Waals surface area contributed by atoms with Gasteiger partial charge in [-0.1, -0.05) is 0 Å². The molecule has 1 saturated carbocycles. The first-order valence-corrected chi connectivity index (χ1v) is 9.34. The number of hydrogen-bond acceptors (Lipinski definition) is 6. The van der Waals surface area contributed by atoms with Crippen molar-refractivity contribution in [1.82, 2.24) is 19.8 Å². The number of Topliss-reactive ketones (excluding diaryl/α,β-unsaturated/α-hetero) is 2. The first-order chi connectivity index (χ1) is 14.2. The molecule has 2 aromatic rings. The van der Waals surface area contributed by atoms with Crippen LogP contribution in [0.25, 0.3) is 5.69 Å². The molecule has 1 aliphatic carbocycles. The summed E-state index contributed by atoms with van der Waals surface area (Å²) in [5.41, 5.74) is -2.86. The van der Waals surface area contributed by atoms with Crippen LogP contribution in [0.3, 0.4) is 0 Å². The molecule has 30 heavy (non-hydrogen) atoms. The molecule has 0 aliphatic heterocycles. The summed E-state index contributed by atoms with van der Waals surface area (Å²) in [6, 6.07) is 2.28. The summed E-state index contributed by atoms with van der Waals surface area (Å²) in [6.45, 7) is 3.60. The van der Waals surface area contributed by atoms with Crippen molar-refractivity contribution in [3.05, 3.63) is 51.6 Å². The van der Waals surface area contributed by atoms with Crippen LogP contribution in [0.15, 0.2) is 34.8 Å². The average Bonchev–Trinajstić information content (AvgIpc) is 3.49. The minimum atomic E-state index is -4.71. The van der Waals surface area contributed by atoms with Gasteiger partial charge in [0.15, 0.2) is 5.78 Å². The molecular weight excluding hydrogens is 405 g/mol. The van der Waals surface area contributed by atoms with Gasteiger partial charge in [0.05, 0.1) is 24.1 Å². The van der Waals surface area contributed by atoms with Crippen LogP contribution < -0.4 is 5.69 Å². The summed E-state index contributed by atoms with van der Waals surface area (Å²) >= 11 is 0. The molecule has 0 spiro atoms. The molecule has 0 radical (unpaired) electrons. The molecule has 0 N–H and O–H groups in total. The van der Waals surface area contributed by atoms with Gasteiger partial charge in [-0.05, 0) is 55.3 Å². The number of ketones is 2. The van der Waals surface area contributed by atoms with E-state index in [9.17, 15) is 27.6 Å². The first-order valence-electron chi connectivity index (χ1n) is 9.34. The molecule has 1 aromatic carbocycles. The van der Waals surface area contributed by atoms with E-state index in [0.29, 0.717) is 29.7 Å². The number of ether oxygens (including phenoxy) is 1. The first kappa shape index (κ1) is 21.5. The number of rotatable bonds is 8. The molecule has 0 saturated heterocycles. The third kappa shape index (κ3) is 4.19. The molecular formula is C19H19F3N4O4. The minimum Gasteiger partial charge on any atom is -0.501 e. The quantitative estimate of drug-likeness (QED) is 0.212. The number of benzene rings is 1. The monoisotopic (exact) mass is 424 g/mol. The van der Waals surface area contributed by atoms with Gasteiger partial charge < -0.3 is 4.74 Å². The zero-order valence-electron chi connectivity index (χ0n) is 16.3. The van der Waals surface area contributed by atoms with Crippen molar-refractivity contribution in [2.45, 2.75) is 39.4 Å². The molecule has 1 heterocycles. The number of nitrogens with zero attached hydrogens (tertiary/aromatic N) is 4. The summed E-state index contributed by atoms with van der Waals surface area (Å²) in [5.74, 6) is -1.60. The van der Waals surface area contributed by atoms with Gasteiger partial charge in [-0.3, -0.25) is 9.59 Å². The number of allylic oxidation sites excluding steroid dienone is 1. The van der Waals surface area contributed by atoms with Crippen molar-refractivity contribution in [3.8, 4) is 5.69 Å². The van der Waals surface area contributed by atoms with E-state index in [1.165, 1.54) is 0 Å². The summed E-state index contributed by atoms with van der Waals surface area (Å²) in [7, 11) is 0. The predicted molar refractivity (Wildman–Crippen MR) is 98.1 cm³/mol. The van der Waals surface area contributed by atoms with Gasteiger partial charge in [-0.25, -0.2) is 4.79 Å². The number of aromatic nitrogens is 4. The fraction of sp³-hybridized carbons (Fsp3) is 0.421. The van der Waals surface area contributed by atoms with Gasteiger partial charge in [-0.15, -0.1) is 0 Å². The Labute approximate surface area is 168 Å². The van der Waals surface area contributed by atoms with Gasteiger partial charge in [0.2, 0.25) is 5.78 Å². The van der Waals surface area contributed by atoms with E-state index in [0.717, 1.165) is 17.0 Å². The fourth-order valence-electron chi connectivity index (χ4n) is 2.80. The number of aryl methyl sites for hydroxylation is 1. The van der Waals surface area contributed by atoms with Crippen molar-refractivity contribution >= 4 is 11.6 Å². The van der Waals surface area contributed by atoms with Crippen LogP contribution >= 0.6 is 0 Å². The SMILES string of the molecule is CCOC=C(C(=O)c1ccc(C(F)(F)F)cc1-n1nnn(CC)c1=O)C(=O)C1CC1. The van der Waals surface area contributed by atoms with Crippen molar-refractivity contribution < 1.29 is 27.5 Å². The second-order valence-corrected chi connectivity index (χ2v) is 6.67. The van der Waals surface area contributed by atoms with E-state index in [2.05, 4.69) is 10.4 Å². The lowest BCUT2D eigenvalue weighted by atomic mass is 9.96. The Balaban J connectivity index is 2.17. The molecule has 0 atom stereocenters. The lowest BCUT2D eigenvalue weighted by Gasteiger charge is -2.13. The number of carbonyl (C=O) groups is 2. The maximum Gasteiger partial charge on any atom is 0.416 e. The van der Waals surface area contributed by atoms with Crippen molar-refractivity contribution in [2.24, 2.45) is 5.92 Å². The van der Waals surface area contributed by atoms with Gasteiger partial charge in [-0.2, -0.15) is 22.5 Å². The lowest BCUT2D eigenvalue weighted by molar-refractivity contribution is -0.137. The van der Waals surface area contributed by atoms with E-state index in [1.54, 1.807) is 13.8 Å². The molecule has 11 heteroatoms. The largest absolute Gasteiger partial charge is 0.501 e. The average molecular weight is 424 g/mol. The Morgan fingerprint density at radius 3 is 2.47 bits per heavy atom. The maximum absolute atomic E-state index is 13.3. The van der Waals surface area contributed by atoms with Crippen molar-refractivity contribution in [1.29, 1.82) is 0 Å². The van der Waals surface area contributed by atoms with Crippen LogP contribution in [0, 0.1) is 5.92 Å². The van der Waals surface area contributed by atoms with Gasteiger partial charge in [0, 0.05) is 18.0 Å². The van der Waals surface area contributed by atoms with Crippen LogP contribution in [0.2, 0.25) is 0 Å². The third-order valence-corrected chi connectivity index (χ3v) is 4.56. The summed E-state index contributed by atoms with van der Waals surface area (Å²) in [4.78, 5) is 38.1. The van der Waals surface area contributed by atoms with Crippen LogP contribution in [0.5, 0.6) is 0 Å². The van der Waals surface area contributed by atoms with Gasteiger partial charge in [0.25, 0.3) is 0 Å². The third-order valence-electron chi connectivity index (χ3n) is 4.56. The topological polar surface area (TPSA) is 96.1 Å². The van der Waals surface area contributed by atoms with Gasteiger partial charge in [0.1, 0.15) is 5.57 Å². The molecule has 3 rings (SSSR count). The Hall–Kier alpha value is -3.24. The molecule has 1 aromatic heterocycles. The molecule has 8 nitrogen and oxygen atoms in total. The van der Waals surface area contributed by atoms with Crippen molar-refractivity contribution in [3.63, 3.8) is 0 Å². The summed E-state index contributed by atoms with van der Waals surface area (Å²) in [5, 5.41) is 7.19. The van der Waals surface area contributed by atoms with Crippen LogP contribution in [0.1, 0.15) is 42.6 Å². The second-order valence-electron chi connectivity index (χ2n) is 6.67. The molecule has 0 bridgehead atoms. The van der Waals surface area contributed by atoms with Gasteiger partial charge >= 0.3 is 11.9 Å². The highest BCUT2D eigenvalue weighted by atomic mass is 19.4. The van der Waals surface area contributed by atoms with Crippen LogP contribution in [-0.2, 0) is 22.3 Å².